The van der Waals surface area contributed by atoms with Crippen LogP contribution in [0.4, 0.5) is 5.82 Å². The highest BCUT2D eigenvalue weighted by Crippen LogP contribution is 2.25. The van der Waals surface area contributed by atoms with Gasteiger partial charge < -0.3 is 10.2 Å². The Morgan fingerprint density at radius 1 is 1.25 bits per heavy atom. The van der Waals surface area contributed by atoms with Gasteiger partial charge in [0.2, 0.25) is 0 Å². The van der Waals surface area contributed by atoms with Gasteiger partial charge in [-0.05, 0) is 43.4 Å². The highest BCUT2D eigenvalue weighted by Gasteiger charge is 2.15. The maximum Gasteiger partial charge on any atom is 0.128 e. The molecule has 3 heteroatoms. The Bertz CT molecular complexity index is 368. The first-order valence-electron chi connectivity index (χ1n) is 8.16. The molecule has 1 aromatic rings. The van der Waals surface area contributed by atoms with Gasteiger partial charge in [-0.2, -0.15) is 0 Å². The van der Waals surface area contributed by atoms with E-state index < -0.39 is 0 Å². The van der Waals surface area contributed by atoms with Crippen LogP contribution in [0.5, 0.6) is 0 Å². The highest BCUT2D eigenvalue weighted by molar-refractivity contribution is 5.38. The van der Waals surface area contributed by atoms with Gasteiger partial charge in [0.25, 0.3) is 0 Å². The fourth-order valence-electron chi connectivity index (χ4n) is 3.01. The first-order chi connectivity index (χ1) is 9.79. The average molecular weight is 275 g/mol. The van der Waals surface area contributed by atoms with Crippen LogP contribution in [0.1, 0.15) is 51.0 Å². The zero-order chi connectivity index (χ0) is 14.2. The van der Waals surface area contributed by atoms with Crippen LogP contribution in [0.3, 0.4) is 0 Å². The SMILES string of the molecule is CCCNCc1ccc(N(C)CC2CCCCC2)nc1. The van der Waals surface area contributed by atoms with Crippen LogP contribution in [0.2, 0.25) is 0 Å². The molecule has 1 saturated carbocycles. The molecule has 112 valence electrons. The fraction of sp³-hybridized carbons (Fsp3) is 0.706. The Hall–Kier alpha value is -1.09. The third-order valence-corrected chi connectivity index (χ3v) is 4.21. The Balaban J connectivity index is 1.81. The summed E-state index contributed by atoms with van der Waals surface area (Å²) in [4.78, 5) is 6.93. The molecule has 0 saturated heterocycles. The summed E-state index contributed by atoms with van der Waals surface area (Å²) in [5.41, 5.74) is 1.27. The van der Waals surface area contributed by atoms with E-state index in [2.05, 4.69) is 41.3 Å². The first kappa shape index (κ1) is 15.3. The van der Waals surface area contributed by atoms with Gasteiger partial charge in [-0.1, -0.05) is 32.3 Å². The molecule has 2 rings (SSSR count). The molecule has 1 aliphatic rings. The quantitative estimate of drug-likeness (QED) is 0.771. The molecule has 0 bridgehead atoms. The molecule has 1 N–H and O–H groups in total. The number of nitrogens with zero attached hydrogens (tertiary/aromatic N) is 2. The summed E-state index contributed by atoms with van der Waals surface area (Å²) in [6.07, 6.45) is 10.2. The van der Waals surface area contributed by atoms with Crippen molar-refractivity contribution in [1.82, 2.24) is 10.3 Å². The molecule has 0 aliphatic heterocycles. The number of rotatable bonds is 7. The van der Waals surface area contributed by atoms with Crippen LogP contribution in [-0.4, -0.2) is 25.1 Å². The third-order valence-electron chi connectivity index (χ3n) is 4.21. The van der Waals surface area contributed by atoms with E-state index in [1.54, 1.807) is 0 Å². The van der Waals surface area contributed by atoms with Crippen molar-refractivity contribution < 1.29 is 0 Å². The molecule has 0 aromatic carbocycles. The Morgan fingerprint density at radius 2 is 2.05 bits per heavy atom. The number of aromatic nitrogens is 1. The molecule has 0 radical (unpaired) electrons. The second-order valence-electron chi connectivity index (χ2n) is 6.09. The smallest absolute Gasteiger partial charge is 0.128 e. The summed E-state index contributed by atoms with van der Waals surface area (Å²) in [5, 5.41) is 3.41. The summed E-state index contributed by atoms with van der Waals surface area (Å²) in [5.74, 6) is 1.97. The number of hydrogen-bond acceptors (Lipinski definition) is 3. The lowest BCUT2D eigenvalue weighted by Gasteiger charge is -2.27. The van der Waals surface area contributed by atoms with E-state index in [0.29, 0.717) is 0 Å². The van der Waals surface area contributed by atoms with Crippen molar-refractivity contribution in [3.05, 3.63) is 23.9 Å². The van der Waals surface area contributed by atoms with Gasteiger partial charge >= 0.3 is 0 Å². The number of anilines is 1. The summed E-state index contributed by atoms with van der Waals surface area (Å²) >= 11 is 0. The molecule has 20 heavy (non-hydrogen) atoms. The molecular formula is C17H29N3. The monoisotopic (exact) mass is 275 g/mol. The topological polar surface area (TPSA) is 28.2 Å². The van der Waals surface area contributed by atoms with E-state index in [0.717, 1.165) is 31.4 Å². The maximum atomic E-state index is 4.61. The normalized spacial score (nSPS) is 16.3. The number of pyridine rings is 1. The second-order valence-corrected chi connectivity index (χ2v) is 6.09. The Kier molecular flexibility index (Phi) is 6.31. The zero-order valence-electron chi connectivity index (χ0n) is 13.1. The molecule has 1 heterocycles. The molecule has 0 atom stereocenters. The Labute approximate surface area is 123 Å². The second kappa shape index (κ2) is 8.25. The Morgan fingerprint density at radius 3 is 2.70 bits per heavy atom. The lowest BCUT2D eigenvalue weighted by Crippen LogP contribution is -2.27. The van der Waals surface area contributed by atoms with Crippen LogP contribution >= 0.6 is 0 Å². The van der Waals surface area contributed by atoms with E-state index in [4.69, 9.17) is 0 Å². The van der Waals surface area contributed by atoms with Crippen molar-refractivity contribution in [3.63, 3.8) is 0 Å². The lowest BCUT2D eigenvalue weighted by molar-refractivity contribution is 0.361. The van der Waals surface area contributed by atoms with Gasteiger partial charge in [0.1, 0.15) is 5.82 Å². The van der Waals surface area contributed by atoms with Crippen molar-refractivity contribution in [2.45, 2.75) is 52.0 Å². The van der Waals surface area contributed by atoms with Gasteiger partial charge in [-0.25, -0.2) is 4.98 Å². The van der Waals surface area contributed by atoms with Crippen molar-refractivity contribution in [2.75, 3.05) is 25.0 Å². The van der Waals surface area contributed by atoms with Gasteiger partial charge in [0.15, 0.2) is 0 Å². The van der Waals surface area contributed by atoms with Crippen LogP contribution in [0, 0.1) is 5.92 Å². The molecule has 0 spiro atoms. The van der Waals surface area contributed by atoms with Crippen molar-refractivity contribution >= 4 is 5.82 Å². The molecule has 0 amide bonds. The van der Waals surface area contributed by atoms with E-state index in [9.17, 15) is 0 Å². The molecule has 1 aliphatic carbocycles. The van der Waals surface area contributed by atoms with E-state index in [-0.39, 0.29) is 0 Å². The fourth-order valence-corrected chi connectivity index (χ4v) is 3.01. The molecular weight excluding hydrogens is 246 g/mol. The van der Waals surface area contributed by atoms with Crippen LogP contribution < -0.4 is 10.2 Å². The van der Waals surface area contributed by atoms with E-state index in [1.807, 2.05) is 6.20 Å². The summed E-state index contributed by atoms with van der Waals surface area (Å²) < 4.78 is 0. The van der Waals surface area contributed by atoms with Gasteiger partial charge in [0, 0.05) is 26.3 Å². The van der Waals surface area contributed by atoms with Crippen LogP contribution in [0.15, 0.2) is 18.3 Å². The average Bonchev–Trinajstić information content (AvgIpc) is 2.49. The van der Waals surface area contributed by atoms with Gasteiger partial charge in [0.05, 0.1) is 0 Å². The van der Waals surface area contributed by atoms with Crippen molar-refractivity contribution in [2.24, 2.45) is 5.92 Å². The number of nitrogens with one attached hydrogen (secondary N) is 1. The summed E-state index contributed by atoms with van der Waals surface area (Å²) in [7, 11) is 2.17. The summed E-state index contributed by atoms with van der Waals surface area (Å²) in [6.45, 7) is 5.34. The van der Waals surface area contributed by atoms with Crippen molar-refractivity contribution in [3.8, 4) is 0 Å². The largest absolute Gasteiger partial charge is 0.359 e. The molecule has 0 unspecified atom stereocenters. The minimum absolute atomic E-state index is 0.862. The van der Waals surface area contributed by atoms with Crippen LogP contribution in [-0.2, 0) is 6.54 Å². The predicted molar refractivity (Wildman–Crippen MR) is 86.1 cm³/mol. The minimum Gasteiger partial charge on any atom is -0.359 e. The standard InChI is InChI=1S/C17H29N3/c1-3-11-18-12-16-9-10-17(19-13-16)20(2)14-15-7-5-4-6-8-15/h9-10,13,15,18H,3-8,11-12,14H2,1-2H3. The molecule has 3 nitrogen and oxygen atoms in total. The first-order valence-corrected chi connectivity index (χ1v) is 8.16. The molecule has 1 fully saturated rings. The van der Waals surface area contributed by atoms with Gasteiger partial charge in [-0.15, -0.1) is 0 Å². The van der Waals surface area contributed by atoms with Crippen LogP contribution in [0.25, 0.3) is 0 Å². The van der Waals surface area contributed by atoms with Gasteiger partial charge in [-0.3, -0.25) is 0 Å². The van der Waals surface area contributed by atoms with E-state index >= 15 is 0 Å². The maximum absolute atomic E-state index is 4.61. The highest BCUT2D eigenvalue weighted by atomic mass is 15.2. The summed E-state index contributed by atoms with van der Waals surface area (Å²) in [6, 6.07) is 4.36. The predicted octanol–water partition coefficient (Wildman–Crippen LogP) is 3.60. The lowest BCUT2D eigenvalue weighted by atomic mass is 9.89. The van der Waals surface area contributed by atoms with E-state index in [1.165, 1.54) is 44.1 Å². The molecule has 1 aromatic heterocycles. The van der Waals surface area contributed by atoms with Crippen molar-refractivity contribution in [1.29, 1.82) is 0 Å². The zero-order valence-corrected chi connectivity index (χ0v) is 13.1. The number of hydrogen-bond donors (Lipinski definition) is 1. The third kappa shape index (κ3) is 4.78. The minimum atomic E-state index is 0.862.